The minimum Gasteiger partial charge on any atom is -0.388 e. The lowest BCUT2D eigenvalue weighted by molar-refractivity contribution is -0.201. The molecule has 4 atom stereocenters. The van der Waals surface area contributed by atoms with Crippen molar-refractivity contribution in [2.24, 2.45) is 28.9 Å². The van der Waals surface area contributed by atoms with E-state index in [-0.39, 0.29) is 0 Å². The van der Waals surface area contributed by atoms with E-state index in [1.165, 1.54) is 6.42 Å². The van der Waals surface area contributed by atoms with Gasteiger partial charge in [-0.25, -0.2) is 0 Å². The first-order valence-electron chi connectivity index (χ1n) is 5.34. The fourth-order valence-corrected chi connectivity index (χ4v) is 3.51. The molecule has 3 fully saturated rings. The molecule has 0 heterocycles. The van der Waals surface area contributed by atoms with Crippen molar-refractivity contribution >= 4 is 0 Å². The molecular weight excluding hydrogens is 162 g/mol. The summed E-state index contributed by atoms with van der Waals surface area (Å²) in [5.74, 6) is 1.75. The van der Waals surface area contributed by atoms with Crippen LogP contribution in [-0.4, -0.2) is 17.3 Å². The first kappa shape index (κ1) is 9.47. The molecule has 0 radical (unpaired) electrons. The highest BCUT2D eigenvalue weighted by Gasteiger charge is 2.60. The minimum absolute atomic E-state index is 0.373. The Labute approximate surface area is 80.5 Å². The summed E-state index contributed by atoms with van der Waals surface area (Å²) in [4.78, 5) is 0. The number of aliphatic hydroxyl groups is 1. The molecule has 2 bridgehead atoms. The first-order valence-corrected chi connectivity index (χ1v) is 5.34. The van der Waals surface area contributed by atoms with Gasteiger partial charge >= 0.3 is 0 Å². The Kier molecular flexibility index (Phi) is 1.81. The number of nitrogens with two attached hydrogens (primary N) is 1. The quantitative estimate of drug-likeness (QED) is 0.645. The van der Waals surface area contributed by atoms with Gasteiger partial charge in [-0.3, -0.25) is 0 Å². The molecule has 3 N–H and O–H groups in total. The molecule has 3 aliphatic rings. The Hall–Kier alpha value is -0.0800. The van der Waals surface area contributed by atoms with E-state index in [4.69, 9.17) is 5.73 Å². The van der Waals surface area contributed by atoms with Crippen LogP contribution in [0.5, 0.6) is 0 Å². The molecule has 76 valence electrons. The second-order valence-electron chi connectivity index (χ2n) is 5.66. The van der Waals surface area contributed by atoms with Crippen LogP contribution in [0, 0.1) is 23.2 Å². The third-order valence-electron chi connectivity index (χ3n) is 4.95. The van der Waals surface area contributed by atoms with E-state index < -0.39 is 5.60 Å². The molecule has 2 nitrogen and oxygen atoms in total. The van der Waals surface area contributed by atoms with Crippen LogP contribution in [0.2, 0.25) is 0 Å². The predicted molar refractivity (Wildman–Crippen MR) is 53.2 cm³/mol. The lowest BCUT2D eigenvalue weighted by Crippen LogP contribution is -2.64. The van der Waals surface area contributed by atoms with Gasteiger partial charge in [0.15, 0.2) is 0 Å². The van der Waals surface area contributed by atoms with Crippen molar-refractivity contribution in [1.29, 1.82) is 0 Å². The number of hydrogen-bond acceptors (Lipinski definition) is 2. The smallest absolute Gasteiger partial charge is 0.0800 e. The Morgan fingerprint density at radius 1 is 1.46 bits per heavy atom. The van der Waals surface area contributed by atoms with E-state index in [2.05, 4.69) is 20.8 Å². The van der Waals surface area contributed by atoms with Crippen LogP contribution in [0.1, 0.15) is 33.6 Å². The third kappa shape index (κ3) is 1.02. The van der Waals surface area contributed by atoms with Crippen LogP contribution in [-0.2, 0) is 0 Å². The Morgan fingerprint density at radius 2 is 2.08 bits per heavy atom. The third-order valence-corrected chi connectivity index (χ3v) is 4.95. The van der Waals surface area contributed by atoms with Crippen molar-refractivity contribution in [3.63, 3.8) is 0 Å². The zero-order valence-corrected chi connectivity index (χ0v) is 8.88. The summed E-state index contributed by atoms with van der Waals surface area (Å²) in [6.07, 6.45) is 2.21. The SMILES string of the molecule is C[C@@H]1[C@H]2C[C@@H](C[C@]1(O)CN)C2(C)C. The molecule has 0 aliphatic heterocycles. The molecular formula is C11H21NO. The largest absolute Gasteiger partial charge is 0.388 e. The number of fused-ring (bicyclic) bond motifs is 2. The van der Waals surface area contributed by atoms with Gasteiger partial charge in [0, 0.05) is 6.54 Å². The van der Waals surface area contributed by atoms with Gasteiger partial charge in [0.05, 0.1) is 5.60 Å². The van der Waals surface area contributed by atoms with Crippen LogP contribution < -0.4 is 5.73 Å². The molecule has 0 amide bonds. The van der Waals surface area contributed by atoms with Gasteiger partial charge in [0.2, 0.25) is 0 Å². The molecule has 0 saturated heterocycles. The molecule has 0 aromatic heterocycles. The standard InChI is InChI=1S/C11H21NO/c1-7-9-4-8(10(9,2)3)5-11(7,13)6-12/h7-9,13H,4-6,12H2,1-3H3/t7-,8+,9-,11+/m1/s1. The molecule has 3 rings (SSSR count). The highest BCUT2D eigenvalue weighted by molar-refractivity contribution is 5.10. The topological polar surface area (TPSA) is 46.2 Å². The summed E-state index contributed by atoms with van der Waals surface area (Å²) in [7, 11) is 0. The Morgan fingerprint density at radius 3 is 2.46 bits per heavy atom. The van der Waals surface area contributed by atoms with Crippen LogP contribution in [0.3, 0.4) is 0 Å². The van der Waals surface area contributed by atoms with Gasteiger partial charge < -0.3 is 10.8 Å². The molecule has 3 aliphatic carbocycles. The second-order valence-corrected chi connectivity index (χ2v) is 5.66. The second kappa shape index (κ2) is 2.48. The number of hydrogen-bond donors (Lipinski definition) is 2. The van der Waals surface area contributed by atoms with Crippen LogP contribution in [0.15, 0.2) is 0 Å². The minimum atomic E-state index is -0.566. The van der Waals surface area contributed by atoms with Crippen molar-refractivity contribution < 1.29 is 5.11 Å². The molecule has 0 aromatic rings. The first-order chi connectivity index (χ1) is 5.92. The number of rotatable bonds is 1. The van der Waals surface area contributed by atoms with E-state index in [1.807, 2.05) is 0 Å². The zero-order chi connectivity index (χ0) is 9.85. The average Bonchev–Trinajstić information content (AvgIpc) is 2.09. The summed E-state index contributed by atoms with van der Waals surface area (Å²) >= 11 is 0. The van der Waals surface area contributed by atoms with Gasteiger partial charge in [0.25, 0.3) is 0 Å². The zero-order valence-electron chi connectivity index (χ0n) is 8.88. The van der Waals surface area contributed by atoms with Gasteiger partial charge in [-0.05, 0) is 36.0 Å². The van der Waals surface area contributed by atoms with Gasteiger partial charge in [0.1, 0.15) is 0 Å². The fourth-order valence-electron chi connectivity index (χ4n) is 3.51. The van der Waals surface area contributed by atoms with Gasteiger partial charge in [-0.2, -0.15) is 0 Å². The summed E-state index contributed by atoms with van der Waals surface area (Å²) < 4.78 is 0. The molecule has 0 aromatic carbocycles. The van der Waals surface area contributed by atoms with E-state index in [0.717, 1.165) is 6.42 Å². The van der Waals surface area contributed by atoms with E-state index in [9.17, 15) is 5.11 Å². The molecule has 3 saturated carbocycles. The normalized spacial score (nSPS) is 52.8. The highest BCUT2D eigenvalue weighted by Crippen LogP contribution is 2.63. The van der Waals surface area contributed by atoms with Crippen molar-refractivity contribution in [2.75, 3.05) is 6.54 Å². The lowest BCUT2D eigenvalue weighted by atomic mass is 9.42. The Balaban J connectivity index is 2.21. The van der Waals surface area contributed by atoms with Crippen LogP contribution >= 0.6 is 0 Å². The average molecular weight is 183 g/mol. The van der Waals surface area contributed by atoms with Crippen LogP contribution in [0.4, 0.5) is 0 Å². The fraction of sp³-hybridized carbons (Fsp3) is 1.00. The maximum atomic E-state index is 10.3. The molecule has 13 heavy (non-hydrogen) atoms. The summed E-state index contributed by atoms with van der Waals surface area (Å²) in [5, 5.41) is 10.3. The molecule has 0 unspecified atom stereocenters. The van der Waals surface area contributed by atoms with Crippen molar-refractivity contribution in [2.45, 2.75) is 39.2 Å². The van der Waals surface area contributed by atoms with Gasteiger partial charge in [-0.1, -0.05) is 20.8 Å². The van der Waals surface area contributed by atoms with Crippen molar-refractivity contribution in [1.82, 2.24) is 0 Å². The van der Waals surface area contributed by atoms with E-state index in [1.54, 1.807) is 0 Å². The monoisotopic (exact) mass is 183 g/mol. The van der Waals surface area contributed by atoms with E-state index >= 15 is 0 Å². The summed E-state index contributed by atoms with van der Waals surface area (Å²) in [6, 6.07) is 0. The van der Waals surface area contributed by atoms with Gasteiger partial charge in [-0.15, -0.1) is 0 Å². The lowest BCUT2D eigenvalue weighted by Gasteiger charge is -2.64. The Bertz CT molecular complexity index is 226. The maximum absolute atomic E-state index is 10.3. The highest BCUT2D eigenvalue weighted by atomic mass is 16.3. The van der Waals surface area contributed by atoms with E-state index in [0.29, 0.717) is 29.7 Å². The molecule has 0 spiro atoms. The predicted octanol–water partition coefficient (Wildman–Crippen LogP) is 1.38. The summed E-state index contributed by atoms with van der Waals surface area (Å²) in [6.45, 7) is 7.25. The molecule has 2 heteroatoms. The van der Waals surface area contributed by atoms with Crippen molar-refractivity contribution in [3.8, 4) is 0 Å². The van der Waals surface area contributed by atoms with Crippen LogP contribution in [0.25, 0.3) is 0 Å². The maximum Gasteiger partial charge on any atom is 0.0800 e. The van der Waals surface area contributed by atoms with Crippen molar-refractivity contribution in [3.05, 3.63) is 0 Å². The summed E-state index contributed by atoms with van der Waals surface area (Å²) in [5.41, 5.74) is 5.53.